The van der Waals surface area contributed by atoms with Crippen LogP contribution in [0.15, 0.2) is 42.5 Å². The summed E-state index contributed by atoms with van der Waals surface area (Å²) in [6.07, 6.45) is 4.78. The minimum absolute atomic E-state index is 0.0562. The van der Waals surface area contributed by atoms with Crippen LogP contribution in [0.5, 0.6) is 0 Å². The molecule has 2 N–H and O–H groups in total. The third-order valence-corrected chi connectivity index (χ3v) is 6.70. The molecule has 3 rings (SSSR count). The van der Waals surface area contributed by atoms with Gasteiger partial charge in [-0.05, 0) is 41.6 Å². The summed E-state index contributed by atoms with van der Waals surface area (Å²) in [5, 5.41) is 2.70. The molecule has 1 fully saturated rings. The number of rotatable bonds is 9. The van der Waals surface area contributed by atoms with E-state index >= 15 is 0 Å². The molecule has 0 bridgehead atoms. The Labute approximate surface area is 164 Å². The van der Waals surface area contributed by atoms with Crippen molar-refractivity contribution in [2.75, 3.05) is 39.4 Å². The number of ether oxygens (including phenoxy) is 1. The van der Waals surface area contributed by atoms with E-state index in [9.17, 15) is 0 Å². The Morgan fingerprint density at radius 3 is 2.56 bits per heavy atom. The molecule has 3 heteroatoms. The van der Waals surface area contributed by atoms with E-state index in [1.165, 1.54) is 35.7 Å². The zero-order valence-corrected chi connectivity index (χ0v) is 17.1. The monoisotopic (exact) mass is 368 g/mol. The number of benzene rings is 2. The molecule has 2 unspecified atom stereocenters. The number of nitrogens with two attached hydrogens (primary N) is 1. The van der Waals surface area contributed by atoms with E-state index in [0.29, 0.717) is 12.5 Å². The molecule has 2 atom stereocenters. The normalized spacial score (nSPS) is 19.1. The second kappa shape index (κ2) is 9.68. The largest absolute Gasteiger partial charge is 0.379 e. The fourth-order valence-corrected chi connectivity index (χ4v) is 4.71. The van der Waals surface area contributed by atoms with Crippen LogP contribution in [0, 0.1) is 5.92 Å². The maximum atomic E-state index is 6.51. The maximum absolute atomic E-state index is 6.51. The van der Waals surface area contributed by atoms with Crippen LogP contribution in [0.3, 0.4) is 0 Å². The summed E-state index contributed by atoms with van der Waals surface area (Å²) in [5.74, 6) is 0.566. The molecule has 3 nitrogen and oxygen atoms in total. The lowest BCUT2D eigenvalue weighted by Crippen LogP contribution is -2.41. The van der Waals surface area contributed by atoms with Gasteiger partial charge in [0, 0.05) is 25.0 Å². The van der Waals surface area contributed by atoms with Crippen molar-refractivity contribution >= 4 is 10.8 Å². The van der Waals surface area contributed by atoms with Crippen molar-refractivity contribution in [3.63, 3.8) is 0 Å². The van der Waals surface area contributed by atoms with Crippen molar-refractivity contribution < 1.29 is 4.74 Å². The molecule has 1 aliphatic rings. The quantitative estimate of drug-likeness (QED) is 0.658. The molecule has 0 spiro atoms. The Morgan fingerprint density at radius 1 is 1.07 bits per heavy atom. The number of hydrogen-bond acceptors (Lipinski definition) is 3. The van der Waals surface area contributed by atoms with Crippen LogP contribution in [0.2, 0.25) is 0 Å². The second-order valence-electron chi connectivity index (χ2n) is 8.11. The Bertz CT molecular complexity index is 705. The number of unbranched alkanes of at least 4 members (excludes halogenated alkanes) is 1. The van der Waals surface area contributed by atoms with Gasteiger partial charge in [0.05, 0.1) is 13.2 Å². The van der Waals surface area contributed by atoms with Crippen LogP contribution >= 0.6 is 0 Å². The van der Waals surface area contributed by atoms with Crippen molar-refractivity contribution in [1.29, 1.82) is 0 Å². The summed E-state index contributed by atoms with van der Waals surface area (Å²) in [6, 6.07) is 15.5. The average molecular weight is 369 g/mol. The smallest absolute Gasteiger partial charge is 0.0594 e. The highest BCUT2D eigenvalue weighted by molar-refractivity contribution is 5.86. The highest BCUT2D eigenvalue weighted by Gasteiger charge is 2.36. The van der Waals surface area contributed by atoms with E-state index < -0.39 is 0 Å². The van der Waals surface area contributed by atoms with Gasteiger partial charge in [-0.2, -0.15) is 0 Å². The molecule has 2 aromatic rings. The van der Waals surface area contributed by atoms with E-state index in [4.69, 9.17) is 10.5 Å². The first kappa shape index (κ1) is 20.3. The van der Waals surface area contributed by atoms with Crippen molar-refractivity contribution in [3.05, 3.63) is 48.0 Å². The molecule has 0 aromatic heterocycles. The minimum atomic E-state index is 0.0562. The van der Waals surface area contributed by atoms with Crippen LogP contribution in [-0.4, -0.2) is 44.3 Å². The van der Waals surface area contributed by atoms with Gasteiger partial charge in [-0.3, -0.25) is 4.90 Å². The van der Waals surface area contributed by atoms with Gasteiger partial charge in [0.2, 0.25) is 0 Å². The molecule has 0 aliphatic carbocycles. The second-order valence-corrected chi connectivity index (χ2v) is 8.11. The van der Waals surface area contributed by atoms with Crippen molar-refractivity contribution in [2.45, 2.75) is 44.9 Å². The van der Waals surface area contributed by atoms with Gasteiger partial charge in [-0.25, -0.2) is 0 Å². The van der Waals surface area contributed by atoms with Gasteiger partial charge < -0.3 is 10.5 Å². The van der Waals surface area contributed by atoms with E-state index in [2.05, 4.69) is 61.2 Å². The van der Waals surface area contributed by atoms with Gasteiger partial charge in [0.1, 0.15) is 0 Å². The van der Waals surface area contributed by atoms with Crippen LogP contribution in [-0.2, 0) is 10.2 Å². The topological polar surface area (TPSA) is 38.5 Å². The van der Waals surface area contributed by atoms with E-state index in [1.54, 1.807) is 0 Å². The van der Waals surface area contributed by atoms with Crippen molar-refractivity contribution in [1.82, 2.24) is 4.90 Å². The molecule has 0 saturated carbocycles. The number of nitrogens with zero attached hydrogens (tertiary/aromatic N) is 1. The molecule has 1 saturated heterocycles. The SMILES string of the molecule is CCC(C)C(CN)(CCCCN1CCOCC1)c1cccc2ccccc12. The molecular formula is C24H36N2O. The standard InChI is InChI=1S/C24H36N2O/c1-3-20(2)24(19-25,13-6-7-14-26-15-17-27-18-16-26)23-12-8-10-21-9-4-5-11-22(21)23/h4-5,8-12,20H,3,6-7,13-19,25H2,1-2H3. The summed E-state index contributed by atoms with van der Waals surface area (Å²) in [6.45, 7) is 10.5. The van der Waals surface area contributed by atoms with Gasteiger partial charge in [-0.15, -0.1) is 0 Å². The van der Waals surface area contributed by atoms with Gasteiger partial charge >= 0.3 is 0 Å². The van der Waals surface area contributed by atoms with Crippen molar-refractivity contribution in [2.24, 2.45) is 11.7 Å². The lowest BCUT2D eigenvalue weighted by Gasteiger charge is -2.40. The van der Waals surface area contributed by atoms with Gasteiger partial charge in [-0.1, -0.05) is 69.2 Å². The Balaban J connectivity index is 1.79. The molecular weight excluding hydrogens is 332 g/mol. The lowest BCUT2D eigenvalue weighted by molar-refractivity contribution is 0.0368. The predicted molar refractivity (Wildman–Crippen MR) is 115 cm³/mol. The van der Waals surface area contributed by atoms with Crippen LogP contribution < -0.4 is 5.73 Å². The first-order valence-electron chi connectivity index (χ1n) is 10.7. The summed E-state index contributed by atoms with van der Waals surface area (Å²) in [4.78, 5) is 2.54. The Hall–Kier alpha value is -1.42. The maximum Gasteiger partial charge on any atom is 0.0594 e. The van der Waals surface area contributed by atoms with Crippen LogP contribution in [0.25, 0.3) is 10.8 Å². The third-order valence-electron chi connectivity index (χ3n) is 6.70. The summed E-state index contributed by atoms with van der Waals surface area (Å²) in [5.41, 5.74) is 8.01. The zero-order chi connectivity index (χ0) is 19.1. The zero-order valence-electron chi connectivity index (χ0n) is 17.1. The molecule has 0 amide bonds. The van der Waals surface area contributed by atoms with E-state index in [0.717, 1.165) is 39.1 Å². The van der Waals surface area contributed by atoms with Crippen LogP contribution in [0.1, 0.15) is 45.1 Å². The third kappa shape index (κ3) is 4.53. The first-order chi connectivity index (χ1) is 13.2. The number of fused-ring (bicyclic) bond motifs is 1. The molecule has 148 valence electrons. The minimum Gasteiger partial charge on any atom is -0.379 e. The highest BCUT2D eigenvalue weighted by Crippen LogP contribution is 2.41. The first-order valence-corrected chi connectivity index (χ1v) is 10.7. The Kier molecular flexibility index (Phi) is 7.28. The van der Waals surface area contributed by atoms with Gasteiger partial charge in [0.25, 0.3) is 0 Å². The fourth-order valence-electron chi connectivity index (χ4n) is 4.71. The number of hydrogen-bond donors (Lipinski definition) is 1. The molecule has 27 heavy (non-hydrogen) atoms. The summed E-state index contributed by atoms with van der Waals surface area (Å²) >= 11 is 0. The highest BCUT2D eigenvalue weighted by atomic mass is 16.5. The average Bonchev–Trinajstić information content (AvgIpc) is 2.74. The van der Waals surface area contributed by atoms with Crippen LogP contribution in [0.4, 0.5) is 0 Å². The van der Waals surface area contributed by atoms with Gasteiger partial charge in [0.15, 0.2) is 0 Å². The molecule has 1 heterocycles. The number of morpholine rings is 1. The van der Waals surface area contributed by atoms with E-state index in [-0.39, 0.29) is 5.41 Å². The lowest BCUT2D eigenvalue weighted by atomic mass is 9.66. The molecule has 0 radical (unpaired) electrons. The van der Waals surface area contributed by atoms with E-state index in [1.807, 2.05) is 0 Å². The van der Waals surface area contributed by atoms with Crippen molar-refractivity contribution in [3.8, 4) is 0 Å². The molecule has 1 aliphatic heterocycles. The summed E-state index contributed by atoms with van der Waals surface area (Å²) in [7, 11) is 0. The fraction of sp³-hybridized carbons (Fsp3) is 0.583. The Morgan fingerprint density at radius 2 is 1.81 bits per heavy atom. The summed E-state index contributed by atoms with van der Waals surface area (Å²) < 4.78 is 5.46. The molecule has 2 aromatic carbocycles. The predicted octanol–water partition coefficient (Wildman–Crippen LogP) is 4.58.